The number of carbonyl (C=O) groups is 1. The highest BCUT2D eigenvalue weighted by molar-refractivity contribution is 7.99. The molecule has 0 saturated heterocycles. The van der Waals surface area contributed by atoms with Gasteiger partial charge in [0.2, 0.25) is 5.91 Å². The van der Waals surface area contributed by atoms with Gasteiger partial charge in [-0.1, -0.05) is 18.7 Å². The van der Waals surface area contributed by atoms with Gasteiger partial charge in [0.1, 0.15) is 11.5 Å². The lowest BCUT2D eigenvalue weighted by Crippen LogP contribution is -2.25. The van der Waals surface area contributed by atoms with Crippen molar-refractivity contribution in [1.82, 2.24) is 14.9 Å². The Morgan fingerprint density at radius 2 is 1.65 bits per heavy atom. The molecule has 0 aliphatic heterocycles. The molecular weight excluding hydrogens is 446 g/mol. The Morgan fingerprint density at radius 1 is 1.03 bits per heavy atom. The monoisotopic (exact) mass is 479 g/mol. The minimum Gasteiger partial charge on any atom is -0.497 e. The number of nitrogens with one attached hydrogen (secondary N) is 1. The number of aromatic nitrogens is 2. The van der Waals surface area contributed by atoms with Crippen LogP contribution in [0.4, 0.5) is 0 Å². The number of imidazole rings is 1. The molecule has 0 bridgehead atoms. The average Bonchev–Trinajstić information content (AvgIpc) is 3.61. The van der Waals surface area contributed by atoms with E-state index in [1.807, 2.05) is 24.3 Å². The van der Waals surface area contributed by atoms with Gasteiger partial charge in [0, 0.05) is 35.9 Å². The van der Waals surface area contributed by atoms with Gasteiger partial charge in [-0.15, -0.1) is 0 Å². The first-order valence-electron chi connectivity index (χ1n) is 11.9. The van der Waals surface area contributed by atoms with E-state index in [0.29, 0.717) is 12.5 Å². The van der Waals surface area contributed by atoms with Crippen molar-refractivity contribution in [3.63, 3.8) is 0 Å². The molecule has 0 radical (unpaired) electrons. The molecule has 7 heteroatoms. The molecule has 6 nitrogen and oxygen atoms in total. The lowest BCUT2D eigenvalue weighted by Gasteiger charge is -2.13. The molecule has 2 aromatic carbocycles. The largest absolute Gasteiger partial charge is 0.497 e. The summed E-state index contributed by atoms with van der Waals surface area (Å²) < 4.78 is 13.0. The van der Waals surface area contributed by atoms with Crippen molar-refractivity contribution in [1.29, 1.82) is 0 Å². The Hall–Kier alpha value is -2.93. The van der Waals surface area contributed by atoms with Crippen LogP contribution in [0.15, 0.2) is 53.7 Å². The molecular formula is C27H33N3O3S. The molecule has 1 aliphatic carbocycles. The van der Waals surface area contributed by atoms with Crippen LogP contribution >= 0.6 is 11.8 Å². The van der Waals surface area contributed by atoms with Crippen LogP contribution in [0.2, 0.25) is 0 Å². The molecule has 1 aliphatic rings. The SMILES string of the molecule is CCCn1c(SCCCC(=O)NC2CC2)nc(-c2ccc(OC)cc2)c1-c1ccc(OC)cc1. The van der Waals surface area contributed by atoms with E-state index in [2.05, 4.69) is 41.1 Å². The van der Waals surface area contributed by atoms with E-state index in [4.69, 9.17) is 14.5 Å². The third-order valence-corrected chi connectivity index (χ3v) is 6.89. The topological polar surface area (TPSA) is 65.4 Å². The van der Waals surface area contributed by atoms with Crippen molar-refractivity contribution in [2.45, 2.75) is 56.8 Å². The van der Waals surface area contributed by atoms with Crippen LogP contribution in [0.25, 0.3) is 22.5 Å². The first kappa shape index (κ1) is 24.2. The Bertz CT molecular complexity index is 1090. The summed E-state index contributed by atoms with van der Waals surface area (Å²) in [5.41, 5.74) is 4.20. The summed E-state index contributed by atoms with van der Waals surface area (Å²) in [6.07, 6.45) is 4.64. The Kier molecular flexibility index (Phi) is 8.16. The minimum atomic E-state index is 0.165. The van der Waals surface area contributed by atoms with E-state index in [1.54, 1.807) is 26.0 Å². The maximum absolute atomic E-state index is 12.0. The predicted molar refractivity (Wildman–Crippen MR) is 138 cm³/mol. The van der Waals surface area contributed by atoms with Crippen LogP contribution < -0.4 is 14.8 Å². The molecule has 0 atom stereocenters. The average molecular weight is 480 g/mol. The molecule has 1 aromatic heterocycles. The van der Waals surface area contributed by atoms with Crippen LogP contribution in [-0.2, 0) is 11.3 Å². The quantitative estimate of drug-likeness (QED) is 0.263. The van der Waals surface area contributed by atoms with E-state index in [0.717, 1.165) is 77.2 Å². The van der Waals surface area contributed by atoms with Crippen molar-refractivity contribution in [2.24, 2.45) is 0 Å². The number of carbonyl (C=O) groups excluding carboxylic acids is 1. The van der Waals surface area contributed by atoms with Crippen LogP contribution in [0.5, 0.6) is 11.5 Å². The number of ether oxygens (including phenoxy) is 2. The van der Waals surface area contributed by atoms with Gasteiger partial charge in [-0.25, -0.2) is 4.98 Å². The molecule has 0 unspecified atom stereocenters. The molecule has 1 fully saturated rings. The van der Waals surface area contributed by atoms with Gasteiger partial charge >= 0.3 is 0 Å². The highest BCUT2D eigenvalue weighted by Gasteiger charge is 2.23. The molecule has 3 aromatic rings. The van der Waals surface area contributed by atoms with E-state index >= 15 is 0 Å². The zero-order chi connectivity index (χ0) is 23.9. The summed E-state index contributed by atoms with van der Waals surface area (Å²) >= 11 is 1.73. The van der Waals surface area contributed by atoms with Gasteiger partial charge in [0.15, 0.2) is 5.16 Å². The molecule has 1 heterocycles. The molecule has 180 valence electrons. The number of hydrogen-bond donors (Lipinski definition) is 1. The summed E-state index contributed by atoms with van der Waals surface area (Å²) in [4.78, 5) is 17.1. The van der Waals surface area contributed by atoms with Crippen molar-refractivity contribution in [3.8, 4) is 34.0 Å². The van der Waals surface area contributed by atoms with Crippen LogP contribution in [0.3, 0.4) is 0 Å². The lowest BCUT2D eigenvalue weighted by molar-refractivity contribution is -0.121. The van der Waals surface area contributed by atoms with Crippen LogP contribution in [0, 0.1) is 0 Å². The Balaban J connectivity index is 1.62. The third-order valence-electron chi connectivity index (χ3n) is 5.83. The smallest absolute Gasteiger partial charge is 0.220 e. The summed E-state index contributed by atoms with van der Waals surface area (Å²) in [5, 5.41) is 4.06. The minimum absolute atomic E-state index is 0.165. The Labute approximate surface area is 206 Å². The van der Waals surface area contributed by atoms with Crippen molar-refractivity contribution >= 4 is 17.7 Å². The summed E-state index contributed by atoms with van der Waals surface area (Å²) in [6, 6.07) is 16.6. The maximum Gasteiger partial charge on any atom is 0.220 e. The van der Waals surface area contributed by atoms with E-state index < -0.39 is 0 Å². The molecule has 34 heavy (non-hydrogen) atoms. The Morgan fingerprint density at radius 3 is 2.21 bits per heavy atom. The first-order chi connectivity index (χ1) is 16.6. The van der Waals surface area contributed by atoms with Crippen molar-refractivity contribution < 1.29 is 14.3 Å². The second-order valence-electron chi connectivity index (χ2n) is 8.49. The number of nitrogens with zero attached hydrogens (tertiary/aromatic N) is 2. The fourth-order valence-corrected chi connectivity index (χ4v) is 4.85. The second kappa shape index (κ2) is 11.5. The zero-order valence-electron chi connectivity index (χ0n) is 20.2. The van der Waals surface area contributed by atoms with Crippen LogP contribution in [0.1, 0.15) is 39.0 Å². The van der Waals surface area contributed by atoms with Gasteiger partial charge in [-0.2, -0.15) is 0 Å². The molecule has 4 rings (SSSR count). The van der Waals surface area contributed by atoms with Gasteiger partial charge in [0.25, 0.3) is 0 Å². The second-order valence-corrected chi connectivity index (χ2v) is 9.56. The van der Waals surface area contributed by atoms with Crippen LogP contribution in [-0.4, -0.2) is 41.5 Å². The maximum atomic E-state index is 12.0. The summed E-state index contributed by atoms with van der Waals surface area (Å²) in [6.45, 7) is 3.05. The highest BCUT2D eigenvalue weighted by Crippen LogP contribution is 2.37. The van der Waals surface area contributed by atoms with Gasteiger partial charge in [-0.05, 0) is 74.2 Å². The predicted octanol–water partition coefficient (Wildman–Crippen LogP) is 5.80. The molecule has 1 N–H and O–H groups in total. The van der Waals surface area contributed by atoms with E-state index in [9.17, 15) is 4.79 Å². The van der Waals surface area contributed by atoms with E-state index in [-0.39, 0.29) is 5.91 Å². The number of amides is 1. The first-order valence-corrected chi connectivity index (χ1v) is 12.9. The summed E-state index contributed by atoms with van der Waals surface area (Å²) in [5.74, 6) is 2.66. The van der Waals surface area contributed by atoms with Gasteiger partial charge in [-0.3, -0.25) is 4.79 Å². The fraction of sp³-hybridized carbons (Fsp3) is 0.407. The fourth-order valence-electron chi connectivity index (χ4n) is 3.89. The number of hydrogen-bond acceptors (Lipinski definition) is 5. The van der Waals surface area contributed by atoms with Gasteiger partial charge < -0.3 is 19.4 Å². The van der Waals surface area contributed by atoms with Crippen molar-refractivity contribution in [3.05, 3.63) is 48.5 Å². The third kappa shape index (κ3) is 5.95. The molecule has 0 spiro atoms. The molecule has 1 saturated carbocycles. The number of methoxy groups -OCH3 is 2. The standard InChI is InChI=1S/C27H33N3O3S/c1-4-17-30-26(20-9-15-23(33-3)16-10-20)25(19-7-13-22(32-2)14-8-19)29-27(30)34-18-5-6-24(31)28-21-11-12-21/h7-10,13-16,21H,4-6,11-12,17-18H2,1-3H3,(H,28,31). The van der Waals surface area contributed by atoms with Crippen molar-refractivity contribution in [2.75, 3.05) is 20.0 Å². The lowest BCUT2D eigenvalue weighted by atomic mass is 10.0. The number of thioether (sulfide) groups is 1. The van der Waals surface area contributed by atoms with E-state index in [1.165, 1.54) is 0 Å². The number of rotatable bonds is 12. The van der Waals surface area contributed by atoms with Gasteiger partial charge in [0.05, 0.1) is 25.6 Å². The number of benzene rings is 2. The zero-order valence-corrected chi connectivity index (χ0v) is 21.0. The summed E-state index contributed by atoms with van der Waals surface area (Å²) in [7, 11) is 3.35. The molecule has 1 amide bonds. The highest BCUT2D eigenvalue weighted by atomic mass is 32.2. The normalized spacial score (nSPS) is 13.0.